The van der Waals surface area contributed by atoms with Gasteiger partial charge in [0.15, 0.2) is 5.13 Å². The van der Waals surface area contributed by atoms with Crippen LogP contribution in [-0.4, -0.2) is 60.5 Å². The first-order chi connectivity index (χ1) is 12.6. The van der Waals surface area contributed by atoms with Crippen molar-refractivity contribution in [1.29, 1.82) is 0 Å². The average Bonchev–Trinajstić information content (AvgIpc) is 3.11. The second-order valence-corrected chi connectivity index (χ2v) is 6.75. The highest BCUT2D eigenvalue weighted by Crippen LogP contribution is 2.28. The summed E-state index contributed by atoms with van der Waals surface area (Å²) < 4.78 is 5.40. The fraction of sp³-hybridized carbons (Fsp3) is 0.375. The van der Waals surface area contributed by atoms with E-state index in [0.717, 1.165) is 55.1 Å². The van der Waals surface area contributed by atoms with Gasteiger partial charge in [-0.3, -0.25) is 19.8 Å². The van der Waals surface area contributed by atoms with E-state index in [1.807, 2.05) is 29.2 Å². The molecule has 0 saturated carbocycles. The SMILES string of the molecule is COc1ccccc1N1CCN(CC(=O)Nc2ncc([N+](=O)[O-])s2)CC1. The van der Waals surface area contributed by atoms with Crippen molar-refractivity contribution in [2.45, 2.75) is 0 Å². The van der Waals surface area contributed by atoms with Gasteiger partial charge in [0.2, 0.25) is 5.91 Å². The van der Waals surface area contributed by atoms with Gasteiger partial charge in [-0.15, -0.1) is 0 Å². The van der Waals surface area contributed by atoms with E-state index >= 15 is 0 Å². The number of carbonyl (C=O) groups is 1. The van der Waals surface area contributed by atoms with Crippen LogP contribution in [0.2, 0.25) is 0 Å². The van der Waals surface area contributed by atoms with Crippen molar-refractivity contribution in [3.63, 3.8) is 0 Å². The molecule has 26 heavy (non-hydrogen) atoms. The number of rotatable bonds is 6. The van der Waals surface area contributed by atoms with Crippen LogP contribution in [0.3, 0.4) is 0 Å². The summed E-state index contributed by atoms with van der Waals surface area (Å²) in [4.78, 5) is 30.4. The second kappa shape index (κ2) is 8.11. The molecule has 1 aromatic carbocycles. The molecule has 10 heteroatoms. The molecule has 0 unspecified atom stereocenters. The number of hydrogen-bond donors (Lipinski definition) is 1. The quantitative estimate of drug-likeness (QED) is 0.605. The van der Waals surface area contributed by atoms with E-state index in [2.05, 4.69) is 15.2 Å². The number of ether oxygens (including phenoxy) is 1. The summed E-state index contributed by atoms with van der Waals surface area (Å²) in [5.41, 5.74) is 1.05. The maximum Gasteiger partial charge on any atom is 0.345 e. The molecule has 1 fully saturated rings. The van der Waals surface area contributed by atoms with Crippen molar-refractivity contribution < 1.29 is 14.5 Å². The number of piperazine rings is 1. The minimum atomic E-state index is -0.523. The first kappa shape index (κ1) is 18.1. The number of benzene rings is 1. The molecule has 0 radical (unpaired) electrons. The number of nitro groups is 1. The summed E-state index contributed by atoms with van der Waals surface area (Å²) in [6.07, 6.45) is 1.15. The maximum absolute atomic E-state index is 12.1. The lowest BCUT2D eigenvalue weighted by Crippen LogP contribution is -2.48. The van der Waals surface area contributed by atoms with Gasteiger partial charge in [-0.1, -0.05) is 12.1 Å². The van der Waals surface area contributed by atoms with Crippen LogP contribution in [0.5, 0.6) is 5.75 Å². The smallest absolute Gasteiger partial charge is 0.345 e. The van der Waals surface area contributed by atoms with Gasteiger partial charge in [0.05, 0.1) is 24.3 Å². The highest BCUT2D eigenvalue weighted by molar-refractivity contribution is 7.18. The lowest BCUT2D eigenvalue weighted by atomic mass is 10.2. The number of carbonyl (C=O) groups excluding carboxylic acids is 1. The van der Waals surface area contributed by atoms with Gasteiger partial charge in [-0.05, 0) is 23.5 Å². The molecule has 0 spiro atoms. The fourth-order valence-electron chi connectivity index (χ4n) is 2.81. The monoisotopic (exact) mass is 377 g/mol. The van der Waals surface area contributed by atoms with Crippen LogP contribution in [0.4, 0.5) is 15.8 Å². The lowest BCUT2D eigenvalue weighted by Gasteiger charge is -2.36. The maximum atomic E-state index is 12.1. The second-order valence-electron chi connectivity index (χ2n) is 5.74. The Hall–Kier alpha value is -2.72. The summed E-state index contributed by atoms with van der Waals surface area (Å²) in [6.45, 7) is 3.28. The Morgan fingerprint density at radius 1 is 1.35 bits per heavy atom. The van der Waals surface area contributed by atoms with Gasteiger partial charge in [-0.25, -0.2) is 4.98 Å². The molecular weight excluding hydrogens is 358 g/mol. The summed E-state index contributed by atoms with van der Waals surface area (Å²) in [5, 5.41) is 13.4. The summed E-state index contributed by atoms with van der Waals surface area (Å²) in [6, 6.07) is 7.87. The van der Waals surface area contributed by atoms with Gasteiger partial charge in [0.25, 0.3) is 0 Å². The number of aromatic nitrogens is 1. The Kier molecular flexibility index (Phi) is 5.64. The Balaban J connectivity index is 1.50. The van der Waals surface area contributed by atoms with Crippen LogP contribution >= 0.6 is 11.3 Å². The van der Waals surface area contributed by atoms with Crippen LogP contribution in [0.15, 0.2) is 30.5 Å². The molecule has 0 atom stereocenters. The van der Waals surface area contributed by atoms with Crippen molar-refractivity contribution in [3.05, 3.63) is 40.6 Å². The number of para-hydroxylation sites is 2. The van der Waals surface area contributed by atoms with E-state index in [0.29, 0.717) is 0 Å². The Bertz CT molecular complexity index is 788. The molecule has 0 aliphatic carbocycles. The molecule has 2 heterocycles. The van der Waals surface area contributed by atoms with Crippen LogP contribution in [0.1, 0.15) is 0 Å². The van der Waals surface area contributed by atoms with E-state index in [4.69, 9.17) is 4.74 Å². The van der Waals surface area contributed by atoms with Gasteiger partial charge >= 0.3 is 5.00 Å². The minimum absolute atomic E-state index is 0.0919. The van der Waals surface area contributed by atoms with Gasteiger partial charge < -0.3 is 15.0 Å². The van der Waals surface area contributed by atoms with E-state index in [1.165, 1.54) is 0 Å². The number of nitrogens with zero attached hydrogens (tertiary/aromatic N) is 4. The highest BCUT2D eigenvalue weighted by atomic mass is 32.1. The van der Waals surface area contributed by atoms with Crippen molar-refractivity contribution in [2.75, 3.05) is 50.1 Å². The van der Waals surface area contributed by atoms with E-state index < -0.39 is 4.92 Å². The molecule has 3 rings (SSSR count). The molecule has 0 bridgehead atoms. The Morgan fingerprint density at radius 2 is 2.08 bits per heavy atom. The molecule has 1 amide bonds. The van der Waals surface area contributed by atoms with Crippen LogP contribution in [-0.2, 0) is 4.79 Å². The average molecular weight is 377 g/mol. The third-order valence-corrected chi connectivity index (χ3v) is 4.95. The van der Waals surface area contributed by atoms with E-state index in [-0.39, 0.29) is 22.6 Å². The predicted octanol–water partition coefficient (Wildman–Crippen LogP) is 1.82. The molecule has 1 aliphatic rings. The van der Waals surface area contributed by atoms with E-state index in [9.17, 15) is 14.9 Å². The number of thiazole rings is 1. The lowest BCUT2D eigenvalue weighted by molar-refractivity contribution is -0.380. The molecular formula is C16H19N5O4S. The standard InChI is InChI=1S/C16H19N5O4S/c1-25-13-5-3-2-4-12(13)20-8-6-19(7-9-20)11-14(22)18-16-17-10-15(26-16)21(23)24/h2-5,10H,6-9,11H2,1H3,(H,17,18,22). The van der Waals surface area contributed by atoms with Crippen molar-refractivity contribution >= 4 is 33.1 Å². The number of amides is 1. The topological polar surface area (TPSA) is 101 Å². The normalized spacial score (nSPS) is 14.9. The van der Waals surface area contributed by atoms with Crippen LogP contribution in [0, 0.1) is 10.1 Å². The molecule has 1 N–H and O–H groups in total. The van der Waals surface area contributed by atoms with Gasteiger partial charge in [0, 0.05) is 26.2 Å². The fourth-order valence-corrected chi connectivity index (χ4v) is 3.46. The first-order valence-electron chi connectivity index (χ1n) is 8.07. The molecule has 1 aromatic heterocycles. The third kappa shape index (κ3) is 4.27. The van der Waals surface area contributed by atoms with Crippen molar-refractivity contribution in [2.24, 2.45) is 0 Å². The summed E-state index contributed by atoms with van der Waals surface area (Å²) in [7, 11) is 1.66. The number of methoxy groups -OCH3 is 1. The van der Waals surface area contributed by atoms with Gasteiger partial charge in [0.1, 0.15) is 11.9 Å². The summed E-state index contributed by atoms with van der Waals surface area (Å²) >= 11 is 0.850. The Morgan fingerprint density at radius 3 is 2.73 bits per heavy atom. The molecule has 1 aliphatic heterocycles. The predicted molar refractivity (Wildman–Crippen MR) is 99.0 cm³/mol. The van der Waals surface area contributed by atoms with Crippen LogP contribution < -0.4 is 15.0 Å². The molecule has 2 aromatic rings. The molecule has 1 saturated heterocycles. The summed E-state index contributed by atoms with van der Waals surface area (Å²) in [5.74, 6) is 0.615. The number of nitrogens with one attached hydrogen (secondary N) is 1. The number of hydrogen-bond acceptors (Lipinski definition) is 8. The largest absolute Gasteiger partial charge is 0.495 e. The zero-order chi connectivity index (χ0) is 18.5. The molecule has 138 valence electrons. The molecule has 9 nitrogen and oxygen atoms in total. The number of anilines is 2. The van der Waals surface area contributed by atoms with Crippen LogP contribution in [0.25, 0.3) is 0 Å². The van der Waals surface area contributed by atoms with Crippen molar-refractivity contribution in [1.82, 2.24) is 9.88 Å². The highest BCUT2D eigenvalue weighted by Gasteiger charge is 2.21. The minimum Gasteiger partial charge on any atom is -0.495 e. The third-order valence-electron chi connectivity index (χ3n) is 4.09. The Labute approximate surface area is 154 Å². The zero-order valence-corrected chi connectivity index (χ0v) is 15.1. The van der Waals surface area contributed by atoms with Gasteiger partial charge in [-0.2, -0.15) is 0 Å². The van der Waals surface area contributed by atoms with E-state index in [1.54, 1.807) is 7.11 Å². The zero-order valence-electron chi connectivity index (χ0n) is 14.3. The van der Waals surface area contributed by atoms with Crippen molar-refractivity contribution in [3.8, 4) is 5.75 Å². The first-order valence-corrected chi connectivity index (χ1v) is 8.89.